The summed E-state index contributed by atoms with van der Waals surface area (Å²) in [4.78, 5) is 13.5. The molecule has 2 atom stereocenters. The molecule has 0 aliphatic carbocycles. The molecule has 23 heavy (non-hydrogen) atoms. The Morgan fingerprint density at radius 3 is 2.43 bits per heavy atom. The molecule has 1 fully saturated rings. The molecule has 6 nitrogen and oxygen atoms in total. The molecule has 1 aliphatic rings. The highest BCUT2D eigenvalue weighted by molar-refractivity contribution is 7.88. The number of carbonyl (C=O) groups is 1. The number of sulfonamides is 1. The minimum Gasteiger partial charge on any atom is -0.480 e. The smallest absolute Gasteiger partial charge is 0.322 e. The van der Waals surface area contributed by atoms with Crippen molar-refractivity contribution < 1.29 is 18.3 Å². The monoisotopic (exact) mass is 340 g/mol. The first kappa shape index (κ1) is 17.9. The summed E-state index contributed by atoms with van der Waals surface area (Å²) in [5.74, 6) is -1.24. The fourth-order valence-electron chi connectivity index (χ4n) is 2.93. The highest BCUT2D eigenvalue weighted by Gasteiger charge is 2.40. The zero-order valence-electron chi connectivity index (χ0n) is 13.8. The first-order valence-electron chi connectivity index (χ1n) is 7.65. The number of aryl methyl sites for hydroxylation is 1. The van der Waals surface area contributed by atoms with E-state index in [1.807, 2.05) is 38.1 Å². The third-order valence-corrected chi connectivity index (χ3v) is 6.22. The van der Waals surface area contributed by atoms with E-state index in [0.717, 1.165) is 9.87 Å². The fourth-order valence-corrected chi connectivity index (χ4v) is 4.66. The largest absolute Gasteiger partial charge is 0.480 e. The van der Waals surface area contributed by atoms with Gasteiger partial charge in [-0.15, -0.1) is 0 Å². The third-order valence-electron chi connectivity index (χ3n) is 4.37. The highest BCUT2D eigenvalue weighted by atomic mass is 32.2. The molecule has 2 rings (SSSR count). The number of carboxylic acid groups (broad SMARTS) is 1. The van der Waals surface area contributed by atoms with Crippen LogP contribution in [0.15, 0.2) is 24.3 Å². The van der Waals surface area contributed by atoms with Crippen LogP contribution in [0.2, 0.25) is 0 Å². The van der Waals surface area contributed by atoms with Crippen LogP contribution in [0.4, 0.5) is 0 Å². The van der Waals surface area contributed by atoms with Crippen LogP contribution in [0, 0.1) is 6.92 Å². The van der Waals surface area contributed by atoms with Crippen molar-refractivity contribution in [1.29, 1.82) is 0 Å². The highest BCUT2D eigenvalue weighted by Crippen LogP contribution is 2.25. The molecule has 1 N–H and O–H groups in total. The van der Waals surface area contributed by atoms with E-state index in [-0.39, 0.29) is 18.3 Å². The van der Waals surface area contributed by atoms with Crippen molar-refractivity contribution in [2.45, 2.75) is 37.6 Å². The van der Waals surface area contributed by atoms with E-state index in [1.165, 1.54) is 0 Å². The molecule has 1 aromatic carbocycles. The molecule has 0 unspecified atom stereocenters. The summed E-state index contributed by atoms with van der Waals surface area (Å²) in [6.07, 6.45) is 0.958. The van der Waals surface area contributed by atoms with Crippen molar-refractivity contribution in [2.75, 3.05) is 20.6 Å². The Morgan fingerprint density at radius 2 is 1.91 bits per heavy atom. The average molecular weight is 340 g/mol. The first-order valence-corrected chi connectivity index (χ1v) is 9.26. The van der Waals surface area contributed by atoms with E-state index in [1.54, 1.807) is 12.1 Å². The topological polar surface area (TPSA) is 77.9 Å². The molecule has 0 amide bonds. The van der Waals surface area contributed by atoms with E-state index >= 15 is 0 Å². The Morgan fingerprint density at radius 1 is 1.30 bits per heavy atom. The van der Waals surface area contributed by atoms with Gasteiger partial charge in [0.15, 0.2) is 0 Å². The summed E-state index contributed by atoms with van der Waals surface area (Å²) in [6.45, 7) is 2.18. The molecule has 7 heteroatoms. The number of rotatable bonds is 5. The second-order valence-electron chi connectivity index (χ2n) is 6.35. The number of hydrogen-bond acceptors (Lipinski definition) is 4. The Bertz CT molecular complexity index is 655. The average Bonchev–Trinajstić information content (AvgIpc) is 2.48. The molecule has 1 aliphatic heterocycles. The van der Waals surface area contributed by atoms with E-state index in [0.29, 0.717) is 18.4 Å². The summed E-state index contributed by atoms with van der Waals surface area (Å²) < 4.78 is 26.5. The van der Waals surface area contributed by atoms with Gasteiger partial charge in [-0.05, 0) is 39.4 Å². The van der Waals surface area contributed by atoms with Crippen molar-refractivity contribution in [2.24, 2.45) is 0 Å². The molecular weight excluding hydrogens is 316 g/mol. The van der Waals surface area contributed by atoms with Gasteiger partial charge >= 0.3 is 5.97 Å². The third kappa shape index (κ3) is 4.31. The molecule has 0 radical (unpaired) electrons. The normalized spacial score (nSPS) is 23.1. The van der Waals surface area contributed by atoms with Crippen molar-refractivity contribution in [1.82, 2.24) is 9.21 Å². The van der Waals surface area contributed by atoms with Crippen LogP contribution < -0.4 is 0 Å². The van der Waals surface area contributed by atoms with Gasteiger partial charge in [0.2, 0.25) is 10.0 Å². The number of benzene rings is 1. The Kier molecular flexibility index (Phi) is 5.44. The van der Waals surface area contributed by atoms with Gasteiger partial charge in [0.25, 0.3) is 0 Å². The molecule has 0 spiro atoms. The van der Waals surface area contributed by atoms with Crippen LogP contribution in [-0.4, -0.2) is 61.4 Å². The lowest BCUT2D eigenvalue weighted by Gasteiger charge is -2.38. The quantitative estimate of drug-likeness (QED) is 0.874. The molecule has 0 saturated carbocycles. The van der Waals surface area contributed by atoms with Crippen LogP contribution in [0.5, 0.6) is 0 Å². The van der Waals surface area contributed by atoms with Crippen LogP contribution in [0.1, 0.15) is 24.0 Å². The van der Waals surface area contributed by atoms with Gasteiger partial charge in [-0.2, -0.15) is 4.31 Å². The lowest BCUT2D eigenvalue weighted by atomic mass is 9.99. The van der Waals surface area contributed by atoms with E-state index in [2.05, 4.69) is 0 Å². The van der Waals surface area contributed by atoms with Gasteiger partial charge in [-0.1, -0.05) is 29.8 Å². The number of nitrogens with zero attached hydrogens (tertiary/aromatic N) is 2. The maximum Gasteiger partial charge on any atom is 0.322 e. The van der Waals surface area contributed by atoms with Gasteiger partial charge in [0, 0.05) is 12.6 Å². The molecule has 0 bridgehead atoms. The summed E-state index contributed by atoms with van der Waals surface area (Å²) in [7, 11) is 0.119. The van der Waals surface area contributed by atoms with Crippen molar-refractivity contribution in [3.8, 4) is 0 Å². The first-order chi connectivity index (χ1) is 10.7. The van der Waals surface area contributed by atoms with Crippen molar-refractivity contribution in [3.63, 3.8) is 0 Å². The summed E-state index contributed by atoms with van der Waals surface area (Å²) in [6, 6.07) is 6.36. The second-order valence-corrected chi connectivity index (χ2v) is 8.27. The zero-order chi connectivity index (χ0) is 17.2. The van der Waals surface area contributed by atoms with Crippen LogP contribution >= 0.6 is 0 Å². The van der Waals surface area contributed by atoms with E-state index < -0.39 is 22.0 Å². The fraction of sp³-hybridized carbons (Fsp3) is 0.562. The number of hydrogen-bond donors (Lipinski definition) is 1. The molecule has 1 saturated heterocycles. The number of aliphatic carboxylic acids is 1. The summed E-state index contributed by atoms with van der Waals surface area (Å²) in [5.41, 5.74) is 1.73. The van der Waals surface area contributed by atoms with Gasteiger partial charge in [0.1, 0.15) is 6.04 Å². The van der Waals surface area contributed by atoms with E-state index in [9.17, 15) is 18.3 Å². The van der Waals surface area contributed by atoms with Crippen LogP contribution in [-0.2, 0) is 20.6 Å². The van der Waals surface area contributed by atoms with Gasteiger partial charge < -0.3 is 10.0 Å². The lowest BCUT2D eigenvalue weighted by molar-refractivity contribution is -0.143. The Balaban J connectivity index is 2.20. The molecule has 0 aromatic heterocycles. The zero-order valence-corrected chi connectivity index (χ0v) is 14.6. The van der Waals surface area contributed by atoms with Crippen LogP contribution in [0.25, 0.3) is 0 Å². The molecule has 1 heterocycles. The van der Waals surface area contributed by atoms with Gasteiger partial charge in [-0.25, -0.2) is 8.42 Å². The summed E-state index contributed by atoms with van der Waals surface area (Å²) >= 11 is 0. The van der Waals surface area contributed by atoms with Gasteiger partial charge in [-0.3, -0.25) is 4.79 Å². The van der Waals surface area contributed by atoms with E-state index in [4.69, 9.17) is 0 Å². The lowest BCUT2D eigenvalue weighted by Crippen LogP contribution is -2.54. The molecule has 1 aromatic rings. The van der Waals surface area contributed by atoms with Gasteiger partial charge in [0.05, 0.1) is 5.75 Å². The standard InChI is InChI=1S/C16H24N2O4S/c1-12-4-6-13(7-5-12)11-23(21,22)18-9-8-14(17(2)3)10-15(18)16(19)20/h4-7,14-15H,8-11H2,1-3H3,(H,19,20)/t14-,15+/m0/s1. The minimum absolute atomic E-state index is 0.0851. The number of piperidine rings is 1. The summed E-state index contributed by atoms with van der Waals surface area (Å²) in [5, 5.41) is 9.45. The Labute approximate surface area is 137 Å². The number of carboxylic acids is 1. The Hall–Kier alpha value is -1.44. The molecular formula is C16H24N2O4S. The van der Waals surface area contributed by atoms with Crippen LogP contribution in [0.3, 0.4) is 0 Å². The van der Waals surface area contributed by atoms with Crippen molar-refractivity contribution in [3.05, 3.63) is 35.4 Å². The maximum atomic E-state index is 12.7. The maximum absolute atomic E-state index is 12.7. The SMILES string of the molecule is Cc1ccc(CS(=O)(=O)N2CC[C@H](N(C)C)C[C@@H]2C(=O)O)cc1. The molecule has 128 valence electrons. The predicted molar refractivity (Wildman–Crippen MR) is 88.6 cm³/mol. The second kappa shape index (κ2) is 6.98. The minimum atomic E-state index is -3.66. The predicted octanol–water partition coefficient (Wildman–Crippen LogP) is 1.30. The van der Waals surface area contributed by atoms with Crippen molar-refractivity contribution >= 4 is 16.0 Å².